The van der Waals surface area contributed by atoms with Crippen molar-refractivity contribution in [3.63, 3.8) is 0 Å². The van der Waals surface area contributed by atoms with Gasteiger partial charge < -0.3 is 5.11 Å². The summed E-state index contributed by atoms with van der Waals surface area (Å²) in [6.07, 6.45) is 2.12. The number of carbonyl (C=O) groups is 1. The van der Waals surface area contributed by atoms with Crippen molar-refractivity contribution in [2.75, 3.05) is 0 Å². The molecule has 0 unspecified atom stereocenters. The van der Waals surface area contributed by atoms with Crippen molar-refractivity contribution in [2.45, 2.75) is 20.3 Å². The lowest BCUT2D eigenvalue weighted by molar-refractivity contribution is -0.296. The molecule has 1 aromatic carbocycles. The Kier molecular flexibility index (Phi) is 4.98. The Hall–Kier alpha value is -1.54. The highest BCUT2D eigenvalue weighted by Gasteiger charge is 2.03. The number of rotatable bonds is 4. The fourth-order valence-corrected chi connectivity index (χ4v) is 1.50. The van der Waals surface area contributed by atoms with Crippen molar-refractivity contribution in [3.8, 4) is 0 Å². The SMILES string of the molecule is CCC(C)=C(/C=C(\[O-])C(=O)Cl)c1ccccc1. The standard InChI is InChI=1S/C14H15ClO2/c1-3-10(2)12(9-13(16)14(15)17)11-7-5-4-6-8-11/h4-9,16H,3H2,1-2H3/p-1/b12-10?,13-9-. The van der Waals surface area contributed by atoms with E-state index in [0.29, 0.717) is 0 Å². The van der Waals surface area contributed by atoms with E-state index in [4.69, 9.17) is 11.6 Å². The molecule has 0 N–H and O–H groups in total. The molecule has 0 aromatic heterocycles. The van der Waals surface area contributed by atoms with E-state index in [1.807, 2.05) is 44.2 Å². The third-order valence-electron chi connectivity index (χ3n) is 2.54. The highest BCUT2D eigenvalue weighted by molar-refractivity contribution is 6.67. The Bertz CT molecular complexity index is 458. The van der Waals surface area contributed by atoms with E-state index in [1.54, 1.807) is 0 Å². The fraction of sp³-hybridized carbons (Fsp3) is 0.214. The van der Waals surface area contributed by atoms with Gasteiger partial charge in [-0.3, -0.25) is 4.79 Å². The fourth-order valence-electron chi connectivity index (χ4n) is 1.45. The Labute approximate surface area is 106 Å². The van der Waals surface area contributed by atoms with Gasteiger partial charge in [0.15, 0.2) is 0 Å². The van der Waals surface area contributed by atoms with Crippen molar-refractivity contribution in [1.29, 1.82) is 0 Å². The zero-order valence-corrected chi connectivity index (χ0v) is 10.6. The van der Waals surface area contributed by atoms with Crippen LogP contribution < -0.4 is 5.11 Å². The number of benzene rings is 1. The van der Waals surface area contributed by atoms with E-state index in [9.17, 15) is 9.90 Å². The number of hydrogen-bond donors (Lipinski definition) is 0. The first kappa shape index (κ1) is 13.5. The number of hydrogen-bond acceptors (Lipinski definition) is 2. The van der Waals surface area contributed by atoms with Gasteiger partial charge in [-0.25, -0.2) is 0 Å². The Morgan fingerprint density at radius 3 is 2.41 bits per heavy atom. The largest absolute Gasteiger partial charge is 0.869 e. The summed E-state index contributed by atoms with van der Waals surface area (Å²) >= 11 is 5.17. The van der Waals surface area contributed by atoms with Crippen LogP contribution in [0.25, 0.3) is 5.57 Å². The molecule has 90 valence electrons. The second-order valence-corrected chi connectivity index (χ2v) is 4.04. The topological polar surface area (TPSA) is 40.1 Å². The summed E-state index contributed by atoms with van der Waals surface area (Å²) in [5.41, 5.74) is 2.73. The van der Waals surface area contributed by atoms with Crippen LogP contribution >= 0.6 is 11.6 Å². The Morgan fingerprint density at radius 2 is 1.94 bits per heavy atom. The molecule has 0 bridgehead atoms. The van der Waals surface area contributed by atoms with E-state index >= 15 is 0 Å². The van der Waals surface area contributed by atoms with Crippen LogP contribution in [0.3, 0.4) is 0 Å². The summed E-state index contributed by atoms with van der Waals surface area (Å²) in [4.78, 5) is 10.8. The molecule has 2 nitrogen and oxygen atoms in total. The predicted octanol–water partition coefficient (Wildman–Crippen LogP) is 2.88. The first-order valence-electron chi connectivity index (χ1n) is 5.40. The van der Waals surface area contributed by atoms with Gasteiger partial charge >= 0.3 is 0 Å². The summed E-state index contributed by atoms with van der Waals surface area (Å²) in [7, 11) is 0. The summed E-state index contributed by atoms with van der Waals surface area (Å²) in [6.45, 7) is 3.93. The number of halogens is 1. The molecule has 0 radical (unpaired) electrons. The molecule has 3 heteroatoms. The molecule has 0 heterocycles. The number of carbonyl (C=O) groups excluding carboxylic acids is 1. The number of allylic oxidation sites excluding steroid dienone is 4. The zero-order chi connectivity index (χ0) is 12.8. The van der Waals surface area contributed by atoms with Crippen LogP contribution in [0, 0.1) is 0 Å². The zero-order valence-electron chi connectivity index (χ0n) is 9.87. The maximum absolute atomic E-state index is 11.4. The van der Waals surface area contributed by atoms with Crippen LogP contribution in [-0.4, -0.2) is 5.24 Å². The molecule has 1 rings (SSSR count). The highest BCUT2D eigenvalue weighted by Crippen LogP contribution is 2.22. The minimum atomic E-state index is -0.956. The minimum Gasteiger partial charge on any atom is -0.869 e. The van der Waals surface area contributed by atoms with Gasteiger partial charge in [-0.05, 0) is 41.8 Å². The molecule has 0 aliphatic carbocycles. The predicted molar refractivity (Wildman–Crippen MR) is 68.3 cm³/mol. The van der Waals surface area contributed by atoms with Crippen LogP contribution in [-0.2, 0) is 4.79 Å². The average Bonchev–Trinajstić information content (AvgIpc) is 2.35. The molecule has 0 amide bonds. The van der Waals surface area contributed by atoms with Crippen LogP contribution in [0.15, 0.2) is 47.7 Å². The van der Waals surface area contributed by atoms with Crippen molar-refractivity contribution in [1.82, 2.24) is 0 Å². The van der Waals surface area contributed by atoms with E-state index in [-0.39, 0.29) is 0 Å². The molecule has 0 atom stereocenters. The van der Waals surface area contributed by atoms with Crippen molar-refractivity contribution < 1.29 is 9.90 Å². The minimum absolute atomic E-state index is 0.682. The lowest BCUT2D eigenvalue weighted by Gasteiger charge is -2.12. The molecule has 0 aliphatic heterocycles. The average molecular weight is 250 g/mol. The molecular weight excluding hydrogens is 236 g/mol. The summed E-state index contributed by atoms with van der Waals surface area (Å²) < 4.78 is 0. The first-order valence-corrected chi connectivity index (χ1v) is 5.77. The van der Waals surface area contributed by atoms with Crippen LogP contribution in [0.1, 0.15) is 25.8 Å². The lowest BCUT2D eigenvalue weighted by atomic mass is 9.98. The maximum Gasteiger partial charge on any atom is 0.237 e. The second-order valence-electron chi connectivity index (χ2n) is 3.70. The van der Waals surface area contributed by atoms with Crippen LogP contribution in [0.2, 0.25) is 0 Å². The molecule has 17 heavy (non-hydrogen) atoms. The van der Waals surface area contributed by atoms with E-state index in [0.717, 1.165) is 23.1 Å². The summed E-state index contributed by atoms with van der Waals surface area (Å²) in [6, 6.07) is 9.48. The molecular formula is C14H14ClO2-. The summed E-state index contributed by atoms with van der Waals surface area (Å²) in [5, 5.41) is 10.4. The first-order chi connectivity index (χ1) is 8.06. The Morgan fingerprint density at radius 1 is 1.35 bits per heavy atom. The van der Waals surface area contributed by atoms with E-state index < -0.39 is 11.0 Å². The molecule has 0 fully saturated rings. The van der Waals surface area contributed by atoms with Gasteiger partial charge in [0.25, 0.3) is 0 Å². The molecule has 0 aliphatic rings. The van der Waals surface area contributed by atoms with Gasteiger partial charge in [-0.15, -0.1) is 0 Å². The molecule has 0 saturated carbocycles. The van der Waals surface area contributed by atoms with Gasteiger partial charge in [0, 0.05) is 0 Å². The third kappa shape index (κ3) is 3.75. The van der Waals surface area contributed by atoms with Crippen LogP contribution in [0.4, 0.5) is 0 Å². The molecule has 0 spiro atoms. The van der Waals surface area contributed by atoms with Crippen molar-refractivity contribution in [3.05, 3.63) is 53.3 Å². The monoisotopic (exact) mass is 249 g/mol. The lowest BCUT2D eigenvalue weighted by Crippen LogP contribution is -2.10. The summed E-state index contributed by atoms with van der Waals surface area (Å²) in [5.74, 6) is -0.682. The molecule has 0 saturated heterocycles. The third-order valence-corrected chi connectivity index (χ3v) is 2.73. The second kappa shape index (κ2) is 6.26. The maximum atomic E-state index is 11.4. The highest BCUT2D eigenvalue weighted by atomic mass is 35.5. The quantitative estimate of drug-likeness (QED) is 0.356. The van der Waals surface area contributed by atoms with E-state index in [1.165, 1.54) is 6.08 Å². The van der Waals surface area contributed by atoms with Gasteiger partial charge in [-0.2, -0.15) is 0 Å². The van der Waals surface area contributed by atoms with Gasteiger partial charge in [0.05, 0.1) is 0 Å². The van der Waals surface area contributed by atoms with Gasteiger partial charge in [-0.1, -0.05) is 48.9 Å². The van der Waals surface area contributed by atoms with Gasteiger partial charge in [0.2, 0.25) is 5.24 Å². The van der Waals surface area contributed by atoms with Gasteiger partial charge in [0.1, 0.15) is 0 Å². The van der Waals surface area contributed by atoms with Crippen LogP contribution in [0.5, 0.6) is 0 Å². The Balaban J connectivity index is 3.26. The van der Waals surface area contributed by atoms with Crippen molar-refractivity contribution in [2.24, 2.45) is 0 Å². The van der Waals surface area contributed by atoms with E-state index in [2.05, 4.69) is 0 Å². The smallest absolute Gasteiger partial charge is 0.237 e. The van der Waals surface area contributed by atoms with Crippen molar-refractivity contribution >= 4 is 22.4 Å². The molecule has 1 aromatic rings. The normalized spacial score (nSPS) is 13.2.